The van der Waals surface area contributed by atoms with Gasteiger partial charge < -0.3 is 9.84 Å². The molecule has 1 aliphatic carbocycles. The fraction of sp³-hybridized carbons (Fsp3) is 0.650. The Balaban J connectivity index is 2.16. The quantitative estimate of drug-likeness (QED) is 0.820. The van der Waals surface area contributed by atoms with Crippen molar-refractivity contribution in [1.82, 2.24) is 0 Å². The Morgan fingerprint density at radius 1 is 1.22 bits per heavy atom. The van der Waals surface area contributed by atoms with Crippen LogP contribution in [-0.2, 0) is 21.4 Å². The molecule has 0 saturated heterocycles. The van der Waals surface area contributed by atoms with Crippen molar-refractivity contribution in [2.45, 2.75) is 84.7 Å². The summed E-state index contributed by atoms with van der Waals surface area (Å²) >= 11 is 0. The molecule has 0 radical (unpaired) electrons. The molecule has 0 aromatic heterocycles. The van der Waals surface area contributed by atoms with Gasteiger partial charge in [0.2, 0.25) is 0 Å². The Bertz CT molecular complexity index is 576. The molecule has 1 fully saturated rings. The third-order valence-electron chi connectivity index (χ3n) is 4.88. The third-order valence-corrected chi connectivity index (χ3v) is 4.88. The highest BCUT2D eigenvalue weighted by atomic mass is 16.5. The molecule has 1 aromatic carbocycles. The van der Waals surface area contributed by atoms with Gasteiger partial charge in [-0.3, -0.25) is 4.79 Å². The summed E-state index contributed by atoms with van der Waals surface area (Å²) in [6, 6.07) is 2.01. The minimum atomic E-state index is -0.175. The van der Waals surface area contributed by atoms with Gasteiger partial charge in [-0.2, -0.15) is 0 Å². The molecule has 23 heavy (non-hydrogen) atoms. The molecule has 3 heteroatoms. The number of phenolic OH excluding ortho intramolecular Hbond substituents is 1. The Morgan fingerprint density at radius 2 is 1.83 bits per heavy atom. The van der Waals surface area contributed by atoms with Crippen LogP contribution in [0.3, 0.4) is 0 Å². The monoisotopic (exact) mass is 318 g/mol. The van der Waals surface area contributed by atoms with Gasteiger partial charge in [0.15, 0.2) is 0 Å². The van der Waals surface area contributed by atoms with Crippen LogP contribution in [0, 0.1) is 13.8 Å². The van der Waals surface area contributed by atoms with Crippen LogP contribution < -0.4 is 0 Å². The van der Waals surface area contributed by atoms with E-state index in [1.54, 1.807) is 0 Å². The number of aryl methyl sites for hydroxylation is 1. The lowest BCUT2D eigenvalue weighted by atomic mass is 9.82. The number of rotatable bonds is 3. The van der Waals surface area contributed by atoms with Crippen molar-refractivity contribution >= 4 is 5.97 Å². The van der Waals surface area contributed by atoms with Crippen LogP contribution >= 0.6 is 0 Å². The van der Waals surface area contributed by atoms with Crippen LogP contribution in [0.4, 0.5) is 0 Å². The van der Waals surface area contributed by atoms with Gasteiger partial charge in [0.1, 0.15) is 11.9 Å². The van der Waals surface area contributed by atoms with Gasteiger partial charge in [0, 0.05) is 0 Å². The summed E-state index contributed by atoms with van der Waals surface area (Å²) in [5.74, 6) is 0.134. The number of esters is 1. The van der Waals surface area contributed by atoms with E-state index in [9.17, 15) is 9.90 Å². The summed E-state index contributed by atoms with van der Waals surface area (Å²) in [6.45, 7) is 10.1. The van der Waals surface area contributed by atoms with Gasteiger partial charge in [-0.15, -0.1) is 0 Å². The molecule has 1 aromatic rings. The summed E-state index contributed by atoms with van der Waals surface area (Å²) in [4.78, 5) is 12.3. The van der Waals surface area contributed by atoms with E-state index in [1.165, 1.54) is 6.42 Å². The molecular weight excluding hydrogens is 288 g/mol. The van der Waals surface area contributed by atoms with Crippen LogP contribution in [0.5, 0.6) is 5.75 Å². The standard InChI is InChI=1S/C20H30O3/c1-13-11-17(20(3,4)5)19(22)14(2)16(13)12-18(21)23-15-9-7-6-8-10-15/h11,15,22H,6-10,12H2,1-5H3. The second-order valence-corrected chi connectivity index (χ2v) is 7.87. The molecule has 0 aliphatic heterocycles. The Hall–Kier alpha value is -1.51. The summed E-state index contributed by atoms with van der Waals surface area (Å²) in [5.41, 5.74) is 3.55. The highest BCUT2D eigenvalue weighted by Crippen LogP contribution is 2.36. The number of hydrogen-bond donors (Lipinski definition) is 1. The molecule has 0 bridgehead atoms. The first-order chi connectivity index (χ1) is 10.7. The molecule has 1 saturated carbocycles. The van der Waals surface area contributed by atoms with Crippen molar-refractivity contribution in [3.63, 3.8) is 0 Å². The van der Waals surface area contributed by atoms with Crippen LogP contribution in [0.1, 0.15) is 75.1 Å². The Kier molecular flexibility index (Phi) is 5.38. The molecule has 0 unspecified atom stereocenters. The van der Waals surface area contributed by atoms with Crippen molar-refractivity contribution in [2.24, 2.45) is 0 Å². The number of carbonyl (C=O) groups is 1. The zero-order valence-electron chi connectivity index (χ0n) is 15.2. The van der Waals surface area contributed by atoms with Crippen molar-refractivity contribution < 1.29 is 14.6 Å². The van der Waals surface area contributed by atoms with Crippen molar-refractivity contribution in [3.05, 3.63) is 28.3 Å². The van der Waals surface area contributed by atoms with E-state index in [2.05, 4.69) is 20.8 Å². The van der Waals surface area contributed by atoms with Gasteiger partial charge in [0.25, 0.3) is 0 Å². The summed E-state index contributed by atoms with van der Waals surface area (Å²) in [7, 11) is 0. The first-order valence-corrected chi connectivity index (χ1v) is 8.72. The van der Waals surface area contributed by atoms with E-state index in [0.29, 0.717) is 5.75 Å². The van der Waals surface area contributed by atoms with Crippen molar-refractivity contribution in [1.29, 1.82) is 0 Å². The first kappa shape index (κ1) is 17.8. The second kappa shape index (κ2) is 6.94. The molecule has 128 valence electrons. The zero-order chi connectivity index (χ0) is 17.2. The van der Waals surface area contributed by atoms with Crippen LogP contribution in [0.2, 0.25) is 0 Å². The first-order valence-electron chi connectivity index (χ1n) is 8.72. The summed E-state index contributed by atoms with van der Waals surface area (Å²) < 4.78 is 5.62. The number of phenols is 1. The Labute approximate surface area is 140 Å². The van der Waals surface area contributed by atoms with Gasteiger partial charge in [-0.05, 0) is 67.2 Å². The highest BCUT2D eigenvalue weighted by Gasteiger charge is 2.24. The van der Waals surface area contributed by atoms with Crippen LogP contribution in [-0.4, -0.2) is 17.2 Å². The minimum absolute atomic E-state index is 0.0827. The fourth-order valence-electron chi connectivity index (χ4n) is 3.41. The predicted octanol–water partition coefficient (Wildman–Crippen LogP) is 4.72. The summed E-state index contributed by atoms with van der Waals surface area (Å²) in [5, 5.41) is 10.5. The number of hydrogen-bond acceptors (Lipinski definition) is 3. The number of carbonyl (C=O) groups excluding carboxylic acids is 1. The van der Waals surface area contributed by atoms with E-state index < -0.39 is 0 Å². The van der Waals surface area contributed by atoms with E-state index in [1.807, 2.05) is 19.9 Å². The van der Waals surface area contributed by atoms with Gasteiger partial charge in [0.05, 0.1) is 6.42 Å². The van der Waals surface area contributed by atoms with Crippen LogP contribution in [0.15, 0.2) is 6.07 Å². The molecule has 1 N–H and O–H groups in total. The second-order valence-electron chi connectivity index (χ2n) is 7.87. The zero-order valence-corrected chi connectivity index (χ0v) is 15.2. The maximum Gasteiger partial charge on any atom is 0.310 e. The lowest BCUT2D eigenvalue weighted by Crippen LogP contribution is -2.22. The molecule has 1 aliphatic rings. The highest BCUT2D eigenvalue weighted by molar-refractivity contribution is 5.74. The van der Waals surface area contributed by atoms with Crippen molar-refractivity contribution in [2.75, 3.05) is 0 Å². The normalized spacial score (nSPS) is 16.4. The largest absolute Gasteiger partial charge is 0.507 e. The lowest BCUT2D eigenvalue weighted by molar-refractivity contribution is -0.149. The number of ether oxygens (including phenoxy) is 1. The molecular formula is C20H30O3. The summed E-state index contributed by atoms with van der Waals surface area (Å²) in [6.07, 6.45) is 5.84. The van der Waals surface area contributed by atoms with E-state index in [4.69, 9.17) is 4.74 Å². The van der Waals surface area contributed by atoms with E-state index in [0.717, 1.165) is 47.9 Å². The molecule has 0 amide bonds. The average Bonchev–Trinajstić information content (AvgIpc) is 2.47. The molecule has 0 atom stereocenters. The average molecular weight is 318 g/mol. The SMILES string of the molecule is Cc1cc(C(C)(C)C)c(O)c(C)c1CC(=O)OC1CCCCC1. The molecule has 0 heterocycles. The maximum atomic E-state index is 12.3. The minimum Gasteiger partial charge on any atom is -0.507 e. The molecule has 2 rings (SSSR count). The maximum absolute atomic E-state index is 12.3. The van der Waals surface area contributed by atoms with E-state index in [-0.39, 0.29) is 23.9 Å². The Morgan fingerprint density at radius 3 is 2.39 bits per heavy atom. The predicted molar refractivity (Wildman–Crippen MR) is 92.9 cm³/mol. The van der Waals surface area contributed by atoms with Crippen LogP contribution in [0.25, 0.3) is 0 Å². The number of aromatic hydroxyl groups is 1. The molecule has 3 nitrogen and oxygen atoms in total. The van der Waals surface area contributed by atoms with Gasteiger partial charge in [-0.1, -0.05) is 33.3 Å². The number of benzene rings is 1. The fourth-order valence-corrected chi connectivity index (χ4v) is 3.41. The van der Waals surface area contributed by atoms with Gasteiger partial charge >= 0.3 is 5.97 Å². The third kappa shape index (κ3) is 4.27. The van der Waals surface area contributed by atoms with Crippen molar-refractivity contribution in [3.8, 4) is 5.75 Å². The topological polar surface area (TPSA) is 46.5 Å². The van der Waals surface area contributed by atoms with Gasteiger partial charge in [-0.25, -0.2) is 0 Å². The molecule has 0 spiro atoms. The smallest absolute Gasteiger partial charge is 0.310 e. The van der Waals surface area contributed by atoms with E-state index >= 15 is 0 Å². The lowest BCUT2D eigenvalue weighted by Gasteiger charge is -2.25.